The largest absolute Gasteiger partial charge is 0.476 e. The second-order valence-corrected chi connectivity index (χ2v) is 8.34. The number of hydrogen-bond acceptors (Lipinski definition) is 7. The third-order valence-corrected chi connectivity index (χ3v) is 5.94. The van der Waals surface area contributed by atoms with Crippen LogP contribution in [0.1, 0.15) is 34.6 Å². The van der Waals surface area contributed by atoms with Gasteiger partial charge in [-0.05, 0) is 67.4 Å². The van der Waals surface area contributed by atoms with E-state index in [0.717, 1.165) is 41.0 Å². The number of nitriles is 1. The highest BCUT2D eigenvalue weighted by Gasteiger charge is 2.21. The number of pyridine rings is 2. The predicted molar refractivity (Wildman–Crippen MR) is 128 cm³/mol. The first-order valence-electron chi connectivity index (χ1n) is 11.1. The van der Waals surface area contributed by atoms with Gasteiger partial charge in [0.15, 0.2) is 5.69 Å². The van der Waals surface area contributed by atoms with Gasteiger partial charge in [0.1, 0.15) is 11.8 Å². The van der Waals surface area contributed by atoms with Crippen molar-refractivity contribution in [2.45, 2.75) is 19.4 Å². The summed E-state index contributed by atoms with van der Waals surface area (Å²) in [6.07, 6.45) is 7.36. The van der Waals surface area contributed by atoms with Crippen LogP contribution in [0, 0.1) is 11.3 Å². The monoisotopic (exact) mass is 467 g/mol. The number of carboxylic acids is 1. The van der Waals surface area contributed by atoms with Gasteiger partial charge in [0, 0.05) is 29.9 Å². The number of likely N-dealkylation sites (tertiary alicyclic amines) is 1. The summed E-state index contributed by atoms with van der Waals surface area (Å²) in [6, 6.07) is 11.5. The minimum atomic E-state index is -1.24. The van der Waals surface area contributed by atoms with Crippen molar-refractivity contribution >= 4 is 28.6 Å². The molecule has 10 heteroatoms. The molecule has 3 aromatic heterocycles. The number of carbonyl (C=O) groups excluding carboxylic acids is 1. The third kappa shape index (κ3) is 4.58. The highest BCUT2D eigenvalue weighted by atomic mass is 16.4. The molecule has 4 aromatic rings. The second-order valence-electron chi connectivity index (χ2n) is 8.34. The number of rotatable bonds is 5. The highest BCUT2D eigenvalue weighted by molar-refractivity contribution is 6.06. The minimum absolute atomic E-state index is 0.215. The van der Waals surface area contributed by atoms with Crippen LogP contribution in [-0.2, 0) is 6.54 Å². The molecule has 1 aliphatic rings. The molecule has 0 aliphatic carbocycles. The van der Waals surface area contributed by atoms with Crippen molar-refractivity contribution in [2.24, 2.45) is 0 Å². The van der Waals surface area contributed by atoms with Crippen LogP contribution in [0.4, 0.5) is 10.5 Å². The van der Waals surface area contributed by atoms with Gasteiger partial charge >= 0.3 is 12.0 Å². The lowest BCUT2D eigenvalue weighted by molar-refractivity contribution is 0.0692. The van der Waals surface area contributed by atoms with Gasteiger partial charge in [-0.15, -0.1) is 0 Å². The molecular formula is C25H21N7O3. The maximum absolute atomic E-state index is 12.9. The second kappa shape index (κ2) is 9.32. The number of nitrogens with zero attached hydrogens (tertiary/aromatic N) is 6. The Morgan fingerprint density at radius 3 is 2.60 bits per heavy atom. The SMILES string of the molecule is N#Cc1ccc(NC(=O)n2nc(C(=O)O)c3cc(-c4cncc(CN5CCCC5)c4)ccc32)cn1. The van der Waals surface area contributed by atoms with Gasteiger partial charge in [-0.1, -0.05) is 6.07 Å². The molecule has 0 bridgehead atoms. The van der Waals surface area contributed by atoms with E-state index in [0.29, 0.717) is 16.6 Å². The molecule has 0 atom stereocenters. The van der Waals surface area contributed by atoms with Crippen LogP contribution in [0.3, 0.4) is 0 Å². The standard InChI is InChI=1S/C25H21N7O3/c26-11-19-4-5-20(14-28-19)29-25(35)32-22-6-3-17(10-21(22)23(30-32)24(33)34)18-9-16(12-27-13-18)15-31-7-1-2-8-31/h3-6,9-10,12-14H,1-2,7-8,15H2,(H,29,35)(H,33,34). The average molecular weight is 467 g/mol. The summed E-state index contributed by atoms with van der Waals surface area (Å²) < 4.78 is 1.02. The zero-order chi connectivity index (χ0) is 24.4. The summed E-state index contributed by atoms with van der Waals surface area (Å²) in [6.45, 7) is 2.99. The summed E-state index contributed by atoms with van der Waals surface area (Å²) in [4.78, 5) is 35.5. The Hall–Kier alpha value is -4.62. The van der Waals surface area contributed by atoms with Crippen LogP contribution >= 0.6 is 0 Å². The number of anilines is 1. The molecule has 10 nitrogen and oxygen atoms in total. The number of aromatic nitrogens is 4. The highest BCUT2D eigenvalue weighted by Crippen LogP contribution is 2.28. The van der Waals surface area contributed by atoms with Crippen LogP contribution in [0.15, 0.2) is 55.0 Å². The fourth-order valence-electron chi connectivity index (χ4n) is 4.25. The Morgan fingerprint density at radius 1 is 1.06 bits per heavy atom. The average Bonchev–Trinajstić information content (AvgIpc) is 3.52. The molecule has 1 aliphatic heterocycles. The lowest BCUT2D eigenvalue weighted by Crippen LogP contribution is -2.21. The van der Waals surface area contributed by atoms with Crippen LogP contribution in [-0.4, -0.2) is 54.8 Å². The smallest absolute Gasteiger partial charge is 0.357 e. The lowest BCUT2D eigenvalue weighted by Gasteiger charge is -2.14. The van der Waals surface area contributed by atoms with E-state index in [1.54, 1.807) is 18.3 Å². The quantitative estimate of drug-likeness (QED) is 0.453. The number of benzene rings is 1. The van der Waals surface area contributed by atoms with Crippen molar-refractivity contribution in [1.82, 2.24) is 24.6 Å². The van der Waals surface area contributed by atoms with Gasteiger partial charge in [0.25, 0.3) is 0 Å². The Labute approximate surface area is 200 Å². The number of aromatic carboxylic acids is 1. The van der Waals surface area contributed by atoms with Crippen LogP contribution in [0.25, 0.3) is 22.0 Å². The first kappa shape index (κ1) is 22.2. The topological polar surface area (TPSA) is 137 Å². The molecule has 174 valence electrons. The molecule has 35 heavy (non-hydrogen) atoms. The first-order valence-corrected chi connectivity index (χ1v) is 11.1. The molecule has 4 heterocycles. The third-order valence-electron chi connectivity index (χ3n) is 5.94. The van der Waals surface area contributed by atoms with Crippen LogP contribution in [0.5, 0.6) is 0 Å². The van der Waals surface area contributed by atoms with Gasteiger partial charge < -0.3 is 10.4 Å². The number of carbonyl (C=O) groups is 2. The number of amides is 1. The normalized spacial score (nSPS) is 13.6. The summed E-state index contributed by atoms with van der Waals surface area (Å²) >= 11 is 0. The van der Waals surface area contributed by atoms with Crippen LogP contribution in [0.2, 0.25) is 0 Å². The Morgan fingerprint density at radius 2 is 1.89 bits per heavy atom. The molecular weight excluding hydrogens is 446 g/mol. The molecule has 1 amide bonds. The number of fused-ring (bicyclic) bond motifs is 1. The predicted octanol–water partition coefficient (Wildman–Crippen LogP) is 3.74. The van der Waals surface area contributed by atoms with Crippen LogP contribution < -0.4 is 5.32 Å². The fourth-order valence-corrected chi connectivity index (χ4v) is 4.25. The molecule has 1 fully saturated rings. The van der Waals surface area contributed by atoms with Gasteiger partial charge in [-0.3, -0.25) is 9.88 Å². The molecule has 2 N–H and O–H groups in total. The maximum atomic E-state index is 12.9. The van der Waals surface area contributed by atoms with Crippen molar-refractivity contribution in [2.75, 3.05) is 18.4 Å². The van der Waals surface area contributed by atoms with Crippen molar-refractivity contribution in [3.8, 4) is 17.2 Å². The molecule has 0 saturated carbocycles. The molecule has 1 saturated heterocycles. The molecule has 0 unspecified atom stereocenters. The van der Waals surface area contributed by atoms with Gasteiger partial charge in [-0.25, -0.2) is 14.6 Å². The van der Waals surface area contributed by atoms with E-state index in [1.165, 1.54) is 31.2 Å². The summed E-state index contributed by atoms with van der Waals surface area (Å²) in [5, 5.41) is 25.6. The van der Waals surface area contributed by atoms with E-state index in [-0.39, 0.29) is 11.4 Å². The Balaban J connectivity index is 1.47. The number of carboxylic acid groups (broad SMARTS) is 1. The molecule has 0 radical (unpaired) electrons. The van der Waals surface area contributed by atoms with Gasteiger partial charge in [-0.2, -0.15) is 15.0 Å². The lowest BCUT2D eigenvalue weighted by atomic mass is 10.0. The zero-order valence-corrected chi connectivity index (χ0v) is 18.7. The molecule has 0 spiro atoms. The Bertz CT molecular complexity index is 1460. The van der Waals surface area contributed by atoms with Crippen molar-refractivity contribution < 1.29 is 14.7 Å². The maximum Gasteiger partial charge on any atom is 0.357 e. The van der Waals surface area contributed by atoms with E-state index in [1.807, 2.05) is 18.3 Å². The summed E-state index contributed by atoms with van der Waals surface area (Å²) in [5.41, 5.74) is 3.43. The van der Waals surface area contributed by atoms with E-state index in [9.17, 15) is 14.7 Å². The Kier molecular flexibility index (Phi) is 5.91. The number of nitrogens with one attached hydrogen (secondary N) is 1. The van der Waals surface area contributed by atoms with E-state index in [2.05, 4.69) is 31.3 Å². The first-order chi connectivity index (χ1) is 17.0. The van der Waals surface area contributed by atoms with Gasteiger partial charge in [0.2, 0.25) is 0 Å². The minimum Gasteiger partial charge on any atom is -0.476 e. The van der Waals surface area contributed by atoms with Gasteiger partial charge in [0.05, 0.1) is 17.4 Å². The molecule has 1 aromatic carbocycles. The van der Waals surface area contributed by atoms with Crippen molar-refractivity contribution in [3.63, 3.8) is 0 Å². The summed E-state index contributed by atoms with van der Waals surface area (Å²) in [7, 11) is 0. The van der Waals surface area contributed by atoms with E-state index >= 15 is 0 Å². The molecule has 5 rings (SSSR count). The van der Waals surface area contributed by atoms with E-state index in [4.69, 9.17) is 5.26 Å². The zero-order valence-electron chi connectivity index (χ0n) is 18.7. The van der Waals surface area contributed by atoms with E-state index < -0.39 is 12.0 Å². The number of hydrogen-bond donors (Lipinski definition) is 2. The fraction of sp³-hybridized carbons (Fsp3) is 0.200. The van der Waals surface area contributed by atoms with Crippen molar-refractivity contribution in [3.05, 3.63) is 71.9 Å². The summed E-state index contributed by atoms with van der Waals surface area (Å²) in [5.74, 6) is -1.24. The van der Waals surface area contributed by atoms with Crippen molar-refractivity contribution in [1.29, 1.82) is 5.26 Å².